The van der Waals surface area contributed by atoms with Crippen molar-refractivity contribution in [2.45, 2.75) is 26.2 Å². The first-order valence-corrected chi connectivity index (χ1v) is 5.61. The monoisotopic (exact) mass is 238 g/mol. The van der Waals surface area contributed by atoms with E-state index in [4.69, 9.17) is 16.3 Å². The predicted molar refractivity (Wildman–Crippen MR) is 64.3 cm³/mol. The van der Waals surface area contributed by atoms with Crippen molar-refractivity contribution in [3.8, 4) is 18.1 Å². The molecule has 16 heavy (non-hydrogen) atoms. The summed E-state index contributed by atoms with van der Waals surface area (Å²) in [4.78, 5) is 12.2. The molecule has 0 atom stereocenters. The maximum atomic E-state index is 11.0. The van der Waals surface area contributed by atoms with E-state index in [0.29, 0.717) is 5.75 Å². The van der Waals surface area contributed by atoms with Gasteiger partial charge in [0.1, 0.15) is 12.4 Å². The van der Waals surface area contributed by atoms with Gasteiger partial charge >= 0.3 is 5.97 Å². The molecule has 0 spiro atoms. The van der Waals surface area contributed by atoms with E-state index >= 15 is 0 Å². The van der Waals surface area contributed by atoms with E-state index in [9.17, 15) is 4.79 Å². The lowest BCUT2D eigenvalue weighted by Crippen LogP contribution is -2.08. The van der Waals surface area contributed by atoms with Crippen molar-refractivity contribution in [2.24, 2.45) is 0 Å². The number of rotatable bonds is 3. The van der Waals surface area contributed by atoms with Gasteiger partial charge in [-0.25, -0.2) is 4.79 Å². The fraction of sp³-hybridized carbons (Fsp3) is 0.417. The molecule has 0 aromatic carbocycles. The van der Waals surface area contributed by atoms with E-state index < -0.39 is 5.97 Å². The Morgan fingerprint density at radius 2 is 2.25 bits per heavy atom. The van der Waals surface area contributed by atoms with Crippen LogP contribution in [-0.4, -0.2) is 17.7 Å². The van der Waals surface area contributed by atoms with Crippen molar-refractivity contribution in [3.63, 3.8) is 0 Å². The third kappa shape index (κ3) is 2.77. The summed E-state index contributed by atoms with van der Waals surface area (Å²) in [5.74, 6) is 1.70. The molecule has 1 heterocycles. The maximum absolute atomic E-state index is 11.0. The summed E-state index contributed by atoms with van der Waals surface area (Å²) in [5.41, 5.74) is -0.0907. The van der Waals surface area contributed by atoms with Crippen molar-refractivity contribution >= 4 is 17.3 Å². The highest BCUT2D eigenvalue weighted by Gasteiger charge is 2.23. The minimum Gasteiger partial charge on any atom is -0.479 e. The number of ether oxygens (including phenoxy) is 1. The van der Waals surface area contributed by atoms with Crippen molar-refractivity contribution in [1.82, 2.24) is 0 Å². The van der Waals surface area contributed by atoms with E-state index in [-0.39, 0.29) is 16.9 Å². The summed E-state index contributed by atoms with van der Waals surface area (Å²) in [6.07, 6.45) is 5.08. The van der Waals surface area contributed by atoms with Crippen LogP contribution in [0.25, 0.3) is 0 Å². The van der Waals surface area contributed by atoms with Crippen LogP contribution in [0.15, 0.2) is 6.07 Å². The quantitative estimate of drug-likeness (QED) is 0.824. The molecular weight excluding hydrogens is 224 g/mol. The highest BCUT2D eigenvalue weighted by molar-refractivity contribution is 7.14. The van der Waals surface area contributed by atoms with Gasteiger partial charge in [0.15, 0.2) is 4.88 Å². The van der Waals surface area contributed by atoms with Gasteiger partial charge in [0.05, 0.1) is 0 Å². The number of hydrogen-bond acceptors (Lipinski definition) is 3. The molecule has 1 N–H and O–H groups in total. The molecule has 0 fully saturated rings. The lowest BCUT2D eigenvalue weighted by Gasteiger charge is -2.14. The highest BCUT2D eigenvalue weighted by atomic mass is 32.1. The number of carbonyl (C=O) groups is 1. The van der Waals surface area contributed by atoms with Crippen LogP contribution in [0.1, 0.15) is 35.3 Å². The topological polar surface area (TPSA) is 46.5 Å². The molecule has 0 saturated carbocycles. The lowest BCUT2D eigenvalue weighted by molar-refractivity contribution is 0.0698. The molecule has 86 valence electrons. The average molecular weight is 238 g/mol. The first kappa shape index (κ1) is 12.6. The molecule has 0 saturated heterocycles. The van der Waals surface area contributed by atoms with Crippen LogP contribution in [0, 0.1) is 12.3 Å². The van der Waals surface area contributed by atoms with Crippen molar-refractivity contribution in [3.05, 3.63) is 15.8 Å². The molecule has 0 unspecified atom stereocenters. The van der Waals surface area contributed by atoms with Gasteiger partial charge in [0.2, 0.25) is 0 Å². The van der Waals surface area contributed by atoms with Crippen LogP contribution < -0.4 is 4.74 Å². The summed E-state index contributed by atoms with van der Waals surface area (Å²) in [6, 6.07) is 1.76. The van der Waals surface area contributed by atoms with Gasteiger partial charge in [-0.05, 0) is 11.5 Å². The SMILES string of the molecule is C#CCOc1cc(C(C)(C)C)sc1C(=O)O. The lowest BCUT2D eigenvalue weighted by atomic mass is 9.95. The Balaban J connectivity index is 3.11. The Bertz CT molecular complexity index is 432. The van der Waals surface area contributed by atoms with Gasteiger partial charge in [-0.1, -0.05) is 26.7 Å². The Labute approximate surface area is 99.1 Å². The molecule has 1 aromatic rings. The fourth-order valence-corrected chi connectivity index (χ4v) is 2.12. The van der Waals surface area contributed by atoms with Gasteiger partial charge < -0.3 is 9.84 Å². The maximum Gasteiger partial charge on any atom is 0.349 e. The van der Waals surface area contributed by atoms with E-state index in [2.05, 4.69) is 5.92 Å². The number of carboxylic acids is 1. The normalized spacial score (nSPS) is 10.9. The zero-order valence-electron chi connectivity index (χ0n) is 9.53. The summed E-state index contributed by atoms with van der Waals surface area (Å²) in [7, 11) is 0. The number of carboxylic acid groups (broad SMARTS) is 1. The number of aromatic carboxylic acids is 1. The van der Waals surface area contributed by atoms with Crippen LogP contribution >= 0.6 is 11.3 Å². The Kier molecular flexibility index (Phi) is 3.61. The third-order valence-electron chi connectivity index (χ3n) is 1.94. The second kappa shape index (κ2) is 4.58. The molecule has 1 aromatic heterocycles. The zero-order valence-corrected chi connectivity index (χ0v) is 10.4. The zero-order chi connectivity index (χ0) is 12.3. The minimum absolute atomic E-state index is 0.0839. The number of thiophene rings is 1. The van der Waals surface area contributed by atoms with Crippen molar-refractivity contribution in [2.75, 3.05) is 6.61 Å². The van der Waals surface area contributed by atoms with Crippen LogP contribution in [0.4, 0.5) is 0 Å². The summed E-state index contributed by atoms with van der Waals surface area (Å²) < 4.78 is 5.22. The third-order valence-corrected chi connectivity index (χ3v) is 3.47. The predicted octanol–water partition coefficient (Wildman–Crippen LogP) is 2.76. The standard InChI is InChI=1S/C12H14O3S/c1-5-6-15-8-7-9(12(2,3)4)16-10(8)11(13)14/h1,7H,6H2,2-4H3,(H,13,14). The second-order valence-corrected chi connectivity index (χ2v) is 5.40. The molecule has 4 heteroatoms. The van der Waals surface area contributed by atoms with E-state index in [1.165, 1.54) is 11.3 Å². The smallest absolute Gasteiger partial charge is 0.349 e. The highest BCUT2D eigenvalue weighted by Crippen LogP contribution is 2.36. The molecule has 0 radical (unpaired) electrons. The molecule has 1 rings (SSSR count). The van der Waals surface area contributed by atoms with E-state index in [1.807, 2.05) is 20.8 Å². The van der Waals surface area contributed by atoms with Gasteiger partial charge in [-0.2, -0.15) is 0 Å². The van der Waals surface area contributed by atoms with Gasteiger partial charge in [-0.15, -0.1) is 17.8 Å². The minimum atomic E-state index is -0.979. The largest absolute Gasteiger partial charge is 0.479 e. The van der Waals surface area contributed by atoms with Gasteiger partial charge in [-0.3, -0.25) is 0 Å². The first-order valence-electron chi connectivity index (χ1n) is 4.80. The van der Waals surface area contributed by atoms with E-state index in [0.717, 1.165) is 4.88 Å². The fourth-order valence-electron chi connectivity index (χ4n) is 1.12. The molecule has 0 aliphatic heterocycles. The molecule has 0 amide bonds. The second-order valence-electron chi connectivity index (χ2n) is 4.35. The Morgan fingerprint density at radius 3 is 2.69 bits per heavy atom. The number of hydrogen-bond donors (Lipinski definition) is 1. The van der Waals surface area contributed by atoms with Crippen LogP contribution in [0.5, 0.6) is 5.75 Å². The van der Waals surface area contributed by atoms with Gasteiger partial charge in [0, 0.05) is 4.88 Å². The van der Waals surface area contributed by atoms with Crippen LogP contribution in [0.2, 0.25) is 0 Å². The van der Waals surface area contributed by atoms with Gasteiger partial charge in [0.25, 0.3) is 0 Å². The molecular formula is C12H14O3S. The average Bonchev–Trinajstić information content (AvgIpc) is 2.57. The van der Waals surface area contributed by atoms with Crippen molar-refractivity contribution in [1.29, 1.82) is 0 Å². The van der Waals surface area contributed by atoms with Crippen molar-refractivity contribution < 1.29 is 14.6 Å². The summed E-state index contributed by atoms with van der Waals surface area (Å²) in [6.45, 7) is 6.15. The van der Waals surface area contributed by atoms with Crippen LogP contribution in [0.3, 0.4) is 0 Å². The first-order chi connectivity index (χ1) is 7.36. The molecule has 0 aliphatic rings. The Morgan fingerprint density at radius 1 is 1.62 bits per heavy atom. The summed E-state index contributed by atoms with van der Waals surface area (Å²) >= 11 is 1.23. The molecule has 0 aliphatic carbocycles. The molecule has 0 bridgehead atoms. The van der Waals surface area contributed by atoms with E-state index in [1.54, 1.807) is 6.07 Å². The van der Waals surface area contributed by atoms with Crippen LogP contribution in [-0.2, 0) is 5.41 Å². The Hall–Kier alpha value is -1.47. The molecule has 3 nitrogen and oxygen atoms in total. The summed E-state index contributed by atoms with van der Waals surface area (Å²) in [5, 5.41) is 9.02. The number of terminal acetylenes is 1.